The number of aromatic nitrogens is 3. The number of halogens is 1. The van der Waals surface area contributed by atoms with Crippen LogP contribution in [-0.2, 0) is 21.4 Å². The number of fused-ring (bicyclic) bond motifs is 1. The zero-order valence-electron chi connectivity index (χ0n) is 17.5. The minimum absolute atomic E-state index is 0.0629. The molecule has 1 amide bonds. The number of piperazine rings is 1. The van der Waals surface area contributed by atoms with Gasteiger partial charge in [-0.25, -0.2) is 22.8 Å². The number of nitrogens with zero attached hydrogens (tertiary/aromatic N) is 5. The lowest BCUT2D eigenvalue weighted by molar-refractivity contribution is -0.132. The highest BCUT2D eigenvalue weighted by molar-refractivity contribution is 7.89. The van der Waals surface area contributed by atoms with Crippen molar-refractivity contribution in [2.75, 3.05) is 26.2 Å². The summed E-state index contributed by atoms with van der Waals surface area (Å²) in [6.07, 6.45) is 0. The second-order valence-corrected chi connectivity index (χ2v) is 10.2. The van der Waals surface area contributed by atoms with E-state index in [1.165, 1.54) is 33.8 Å². The van der Waals surface area contributed by atoms with Crippen molar-refractivity contribution >= 4 is 38.3 Å². The molecule has 11 heteroatoms. The normalized spacial score (nSPS) is 15.2. The molecule has 1 aliphatic heterocycles. The monoisotopic (exact) mass is 485 g/mol. The molecule has 0 aliphatic carbocycles. The Morgan fingerprint density at radius 1 is 1.03 bits per heavy atom. The topological polar surface area (TPSA) is 88.4 Å². The highest BCUT2D eigenvalue weighted by atomic mass is 32.2. The fraction of sp³-hybridized carbons (Fsp3) is 0.227. The van der Waals surface area contributed by atoms with Gasteiger partial charge in [-0.1, -0.05) is 24.3 Å². The van der Waals surface area contributed by atoms with Crippen LogP contribution in [0.2, 0.25) is 0 Å². The van der Waals surface area contributed by atoms with Crippen molar-refractivity contribution in [1.29, 1.82) is 0 Å². The smallest absolute Gasteiger partial charge is 0.246 e. The van der Waals surface area contributed by atoms with Crippen LogP contribution in [0.3, 0.4) is 0 Å². The van der Waals surface area contributed by atoms with Crippen molar-refractivity contribution in [3.63, 3.8) is 0 Å². The molecule has 170 valence electrons. The van der Waals surface area contributed by atoms with E-state index in [-0.39, 0.29) is 43.5 Å². The zero-order chi connectivity index (χ0) is 23.0. The van der Waals surface area contributed by atoms with Gasteiger partial charge in [0.1, 0.15) is 23.0 Å². The maximum absolute atomic E-state index is 14.1. The van der Waals surface area contributed by atoms with Gasteiger partial charge >= 0.3 is 0 Å². The van der Waals surface area contributed by atoms with E-state index in [9.17, 15) is 17.6 Å². The van der Waals surface area contributed by atoms with Gasteiger partial charge < -0.3 is 9.47 Å². The summed E-state index contributed by atoms with van der Waals surface area (Å²) in [5, 5.41) is 1.88. The van der Waals surface area contributed by atoms with Gasteiger partial charge in [0.2, 0.25) is 15.9 Å². The lowest BCUT2D eigenvalue weighted by atomic mass is 10.3. The highest BCUT2D eigenvalue weighted by Crippen LogP contribution is 2.25. The van der Waals surface area contributed by atoms with Crippen LogP contribution in [-0.4, -0.2) is 64.2 Å². The van der Waals surface area contributed by atoms with E-state index in [2.05, 4.69) is 9.97 Å². The van der Waals surface area contributed by atoms with Crippen LogP contribution in [0.4, 0.5) is 4.39 Å². The Bertz CT molecular complexity index is 1410. The second kappa shape index (κ2) is 8.65. The number of rotatable bonds is 5. The third-order valence-electron chi connectivity index (χ3n) is 5.66. The van der Waals surface area contributed by atoms with Gasteiger partial charge in [0, 0.05) is 31.6 Å². The molecule has 0 spiro atoms. The molecule has 1 aliphatic rings. The van der Waals surface area contributed by atoms with Crippen molar-refractivity contribution in [2.45, 2.75) is 11.4 Å². The zero-order valence-corrected chi connectivity index (χ0v) is 19.1. The predicted octanol–water partition coefficient (Wildman–Crippen LogP) is 2.83. The number of para-hydroxylation sites is 2. The third kappa shape index (κ3) is 4.03. The maximum atomic E-state index is 14.1. The first-order chi connectivity index (χ1) is 15.9. The molecule has 0 bridgehead atoms. The first kappa shape index (κ1) is 21.7. The van der Waals surface area contributed by atoms with Crippen LogP contribution in [0, 0.1) is 5.82 Å². The minimum atomic E-state index is -3.96. The third-order valence-corrected chi connectivity index (χ3v) is 8.17. The van der Waals surface area contributed by atoms with Crippen molar-refractivity contribution in [1.82, 2.24) is 23.7 Å². The molecule has 1 saturated heterocycles. The average molecular weight is 486 g/mol. The summed E-state index contributed by atoms with van der Waals surface area (Å²) in [5.41, 5.74) is 4.02. The van der Waals surface area contributed by atoms with E-state index >= 15 is 0 Å². The van der Waals surface area contributed by atoms with Gasteiger partial charge in [-0.2, -0.15) is 4.31 Å². The van der Waals surface area contributed by atoms with Crippen LogP contribution in [0.1, 0.15) is 0 Å². The SMILES string of the molecule is O=C(Cn1c(-c2cscn2)nc2ccccc21)N1CCN(S(=O)(=O)c2ccccc2F)CC1. The average Bonchev–Trinajstić information content (AvgIpc) is 3.48. The van der Waals surface area contributed by atoms with Gasteiger partial charge in [-0.15, -0.1) is 11.3 Å². The van der Waals surface area contributed by atoms with E-state index in [4.69, 9.17) is 0 Å². The first-order valence-electron chi connectivity index (χ1n) is 10.3. The molecule has 0 radical (unpaired) electrons. The molecule has 2 aromatic heterocycles. The number of benzene rings is 2. The standard InChI is InChI=1S/C22H20FN5O3S2/c23-16-5-1-4-8-20(16)33(30,31)27-11-9-26(10-12-27)21(29)13-28-19-7-3-2-6-17(19)25-22(28)18-14-32-15-24-18/h1-8,14-15H,9-13H2. The van der Waals surface area contributed by atoms with Crippen molar-refractivity contribution in [3.05, 3.63) is 65.2 Å². The molecule has 0 saturated carbocycles. The van der Waals surface area contributed by atoms with E-state index in [1.807, 2.05) is 34.2 Å². The van der Waals surface area contributed by atoms with Crippen molar-refractivity contribution < 1.29 is 17.6 Å². The quantitative estimate of drug-likeness (QED) is 0.434. The number of imidazole rings is 1. The lowest BCUT2D eigenvalue weighted by Gasteiger charge is -2.34. The fourth-order valence-corrected chi connectivity index (χ4v) is 5.98. The molecule has 4 aromatic rings. The van der Waals surface area contributed by atoms with Crippen molar-refractivity contribution in [3.8, 4) is 11.5 Å². The van der Waals surface area contributed by atoms with Gasteiger partial charge in [0.15, 0.2) is 5.82 Å². The number of amides is 1. The highest BCUT2D eigenvalue weighted by Gasteiger charge is 2.32. The summed E-state index contributed by atoms with van der Waals surface area (Å²) < 4.78 is 42.8. The predicted molar refractivity (Wildman–Crippen MR) is 123 cm³/mol. The Kier molecular flexibility index (Phi) is 5.69. The molecule has 33 heavy (non-hydrogen) atoms. The van der Waals surface area contributed by atoms with Gasteiger partial charge in [-0.05, 0) is 24.3 Å². The Hall–Kier alpha value is -3.15. The number of thiazole rings is 1. The molecular formula is C22H20FN5O3S2. The molecular weight excluding hydrogens is 465 g/mol. The molecule has 0 unspecified atom stereocenters. The Labute approximate surface area is 194 Å². The minimum Gasteiger partial charge on any atom is -0.339 e. The van der Waals surface area contributed by atoms with E-state index in [1.54, 1.807) is 10.4 Å². The molecule has 0 N–H and O–H groups in total. The van der Waals surface area contributed by atoms with Crippen LogP contribution in [0.15, 0.2) is 64.3 Å². The van der Waals surface area contributed by atoms with E-state index in [0.717, 1.165) is 17.1 Å². The fourth-order valence-electron chi connectivity index (χ4n) is 3.96. The lowest BCUT2D eigenvalue weighted by Crippen LogP contribution is -2.51. The number of sulfonamides is 1. The summed E-state index contributed by atoms with van der Waals surface area (Å²) >= 11 is 1.45. The van der Waals surface area contributed by atoms with Gasteiger partial charge in [-0.3, -0.25) is 4.79 Å². The summed E-state index contributed by atoms with van der Waals surface area (Å²) in [5.74, 6) is -0.304. The first-order valence-corrected chi connectivity index (χ1v) is 12.7. The molecule has 8 nitrogen and oxygen atoms in total. The van der Waals surface area contributed by atoms with Crippen LogP contribution in [0.5, 0.6) is 0 Å². The largest absolute Gasteiger partial charge is 0.339 e. The molecule has 5 rings (SSSR count). The number of hydrogen-bond donors (Lipinski definition) is 0. The number of carbonyl (C=O) groups excluding carboxylic acids is 1. The maximum Gasteiger partial charge on any atom is 0.246 e. The molecule has 2 aromatic carbocycles. The Balaban J connectivity index is 1.33. The Morgan fingerprint density at radius 2 is 1.76 bits per heavy atom. The second-order valence-electron chi connectivity index (χ2n) is 7.60. The van der Waals surface area contributed by atoms with Gasteiger partial charge in [0.05, 0.1) is 16.5 Å². The van der Waals surface area contributed by atoms with Crippen LogP contribution in [0.25, 0.3) is 22.6 Å². The van der Waals surface area contributed by atoms with Crippen molar-refractivity contribution in [2.24, 2.45) is 0 Å². The molecule has 1 fully saturated rings. The summed E-state index contributed by atoms with van der Waals surface area (Å²) in [6.45, 7) is 0.724. The summed E-state index contributed by atoms with van der Waals surface area (Å²) in [6, 6.07) is 12.9. The van der Waals surface area contributed by atoms with E-state index < -0.39 is 15.8 Å². The number of hydrogen-bond acceptors (Lipinski definition) is 6. The van der Waals surface area contributed by atoms with Gasteiger partial charge in [0.25, 0.3) is 0 Å². The Morgan fingerprint density at radius 3 is 2.48 bits per heavy atom. The van der Waals surface area contributed by atoms with Crippen LogP contribution >= 0.6 is 11.3 Å². The summed E-state index contributed by atoms with van der Waals surface area (Å²) in [4.78, 5) is 23.4. The van der Waals surface area contributed by atoms with E-state index in [0.29, 0.717) is 11.5 Å². The number of carbonyl (C=O) groups is 1. The molecule has 0 atom stereocenters. The molecule has 3 heterocycles. The van der Waals surface area contributed by atoms with Crippen LogP contribution < -0.4 is 0 Å². The summed E-state index contributed by atoms with van der Waals surface area (Å²) in [7, 11) is -3.96.